The van der Waals surface area contributed by atoms with E-state index in [1.54, 1.807) is 0 Å². The normalized spacial score (nSPS) is 13.0. The number of allylic oxidation sites excluding steroid dienone is 1. The molecular formula is C7H13O5P. The highest BCUT2D eigenvalue weighted by Crippen LogP contribution is 2.46. The fourth-order valence-corrected chi connectivity index (χ4v) is 1.50. The first-order valence-corrected chi connectivity index (χ1v) is 5.28. The average molecular weight is 208 g/mol. The molecule has 0 aliphatic heterocycles. The van der Waals surface area contributed by atoms with Crippen LogP contribution >= 0.6 is 7.60 Å². The highest BCUT2D eigenvalue weighted by atomic mass is 31.2. The molecule has 6 heteroatoms. The fraction of sp³-hybridized carbons (Fsp3) is 0.571. The summed E-state index contributed by atoms with van der Waals surface area (Å²) in [5.41, 5.74) is 0.120. The topological polar surface area (TPSA) is 72.8 Å². The smallest absolute Gasteiger partial charge is 0.333 e. The third-order valence-electron chi connectivity index (χ3n) is 1.51. The lowest BCUT2D eigenvalue weighted by Gasteiger charge is -2.10. The number of rotatable bonds is 5. The predicted octanol–water partition coefficient (Wildman–Crippen LogP) is 1.50. The third kappa shape index (κ3) is 4.22. The summed E-state index contributed by atoms with van der Waals surface area (Å²) in [6.07, 6.45) is 1.29. The van der Waals surface area contributed by atoms with E-state index in [-0.39, 0.29) is 11.7 Å². The maximum absolute atomic E-state index is 11.4. The molecule has 0 heterocycles. The van der Waals surface area contributed by atoms with E-state index in [4.69, 9.17) is 5.11 Å². The summed E-state index contributed by atoms with van der Waals surface area (Å²) in [7, 11) is -0.598. The van der Waals surface area contributed by atoms with Crippen molar-refractivity contribution in [2.24, 2.45) is 0 Å². The van der Waals surface area contributed by atoms with Crippen molar-refractivity contribution < 1.29 is 23.5 Å². The summed E-state index contributed by atoms with van der Waals surface area (Å²) in [5.74, 6) is -1.04. The summed E-state index contributed by atoms with van der Waals surface area (Å²) in [5, 5.41) is 8.48. The van der Waals surface area contributed by atoms with E-state index in [9.17, 15) is 9.36 Å². The zero-order chi connectivity index (χ0) is 10.5. The van der Waals surface area contributed by atoms with Gasteiger partial charge in [0.05, 0.1) is 6.16 Å². The molecule has 0 aliphatic rings. The number of hydrogen-bond donors (Lipinski definition) is 1. The second-order valence-electron chi connectivity index (χ2n) is 2.35. The fourth-order valence-electron chi connectivity index (χ4n) is 0.560. The second-order valence-corrected chi connectivity index (χ2v) is 4.67. The Bertz CT molecular complexity index is 250. The maximum atomic E-state index is 11.4. The minimum atomic E-state index is -3.11. The first-order valence-electron chi connectivity index (χ1n) is 3.56. The molecule has 0 fully saturated rings. The van der Waals surface area contributed by atoms with Gasteiger partial charge in [-0.05, 0) is 6.92 Å². The van der Waals surface area contributed by atoms with Crippen molar-refractivity contribution in [3.05, 3.63) is 11.6 Å². The van der Waals surface area contributed by atoms with Crippen LogP contribution in [0.1, 0.15) is 6.92 Å². The van der Waals surface area contributed by atoms with E-state index >= 15 is 0 Å². The van der Waals surface area contributed by atoms with Crippen LogP contribution in [0.25, 0.3) is 0 Å². The molecule has 76 valence electrons. The van der Waals surface area contributed by atoms with Gasteiger partial charge in [0, 0.05) is 19.8 Å². The van der Waals surface area contributed by atoms with Gasteiger partial charge in [-0.25, -0.2) is 4.79 Å². The van der Waals surface area contributed by atoms with Gasteiger partial charge in [-0.3, -0.25) is 4.57 Å². The molecule has 0 aliphatic carbocycles. The Kier molecular flexibility index (Phi) is 4.91. The van der Waals surface area contributed by atoms with Crippen molar-refractivity contribution in [3.8, 4) is 0 Å². The van der Waals surface area contributed by atoms with E-state index in [1.165, 1.54) is 27.2 Å². The van der Waals surface area contributed by atoms with Gasteiger partial charge < -0.3 is 14.2 Å². The largest absolute Gasteiger partial charge is 0.478 e. The van der Waals surface area contributed by atoms with Crippen LogP contribution < -0.4 is 0 Å². The van der Waals surface area contributed by atoms with Crippen LogP contribution in [-0.2, 0) is 18.4 Å². The summed E-state index contributed by atoms with van der Waals surface area (Å²) in [6.45, 7) is 1.41. The van der Waals surface area contributed by atoms with Crippen LogP contribution in [0.15, 0.2) is 11.6 Å². The standard InChI is InChI=1S/C7H13O5P/c1-6(7(8)9)4-5-13(10,11-2)12-3/h4H,5H2,1-3H3,(H,8,9). The van der Waals surface area contributed by atoms with Gasteiger partial charge in [-0.1, -0.05) is 6.08 Å². The maximum Gasteiger partial charge on any atom is 0.333 e. The molecule has 5 nitrogen and oxygen atoms in total. The lowest BCUT2D eigenvalue weighted by molar-refractivity contribution is -0.132. The summed E-state index contributed by atoms with van der Waals surface area (Å²) in [6, 6.07) is 0. The second kappa shape index (κ2) is 5.17. The molecule has 0 bridgehead atoms. The van der Waals surface area contributed by atoms with Crippen LogP contribution in [-0.4, -0.2) is 31.5 Å². The van der Waals surface area contributed by atoms with Gasteiger partial charge in [-0.15, -0.1) is 0 Å². The van der Waals surface area contributed by atoms with Gasteiger partial charge in [0.25, 0.3) is 0 Å². The van der Waals surface area contributed by atoms with Gasteiger partial charge >= 0.3 is 13.6 Å². The third-order valence-corrected chi connectivity index (χ3v) is 3.26. The zero-order valence-corrected chi connectivity index (χ0v) is 8.71. The Morgan fingerprint density at radius 1 is 1.46 bits per heavy atom. The number of carboxylic acids is 1. The lowest BCUT2D eigenvalue weighted by Crippen LogP contribution is -1.99. The number of hydrogen-bond acceptors (Lipinski definition) is 4. The van der Waals surface area contributed by atoms with E-state index < -0.39 is 13.6 Å². The molecule has 0 amide bonds. The van der Waals surface area contributed by atoms with Gasteiger partial charge in [-0.2, -0.15) is 0 Å². The van der Waals surface area contributed by atoms with Crippen LogP contribution in [0.4, 0.5) is 0 Å². The van der Waals surface area contributed by atoms with Gasteiger partial charge in [0.15, 0.2) is 0 Å². The molecule has 0 radical (unpaired) electrons. The molecule has 0 aromatic rings. The summed E-state index contributed by atoms with van der Waals surface area (Å²) >= 11 is 0. The van der Waals surface area contributed by atoms with Crippen molar-refractivity contribution in [1.82, 2.24) is 0 Å². The van der Waals surface area contributed by atoms with E-state index in [1.807, 2.05) is 0 Å². The SMILES string of the molecule is COP(=O)(CC=C(C)C(=O)O)OC. The van der Waals surface area contributed by atoms with E-state index in [0.29, 0.717) is 0 Å². The predicted molar refractivity (Wildman–Crippen MR) is 47.9 cm³/mol. The molecule has 0 saturated carbocycles. The number of aliphatic carboxylic acids is 1. The zero-order valence-electron chi connectivity index (χ0n) is 7.81. The molecule has 0 aromatic heterocycles. The Morgan fingerprint density at radius 2 is 1.92 bits per heavy atom. The van der Waals surface area contributed by atoms with Gasteiger partial charge in [0.2, 0.25) is 0 Å². The first-order chi connectivity index (χ1) is 5.95. The molecule has 0 spiro atoms. The highest BCUT2D eigenvalue weighted by Gasteiger charge is 2.19. The minimum absolute atomic E-state index is 0.0296. The molecule has 1 N–H and O–H groups in total. The van der Waals surface area contributed by atoms with Gasteiger partial charge in [0.1, 0.15) is 0 Å². The van der Waals surface area contributed by atoms with E-state index in [2.05, 4.69) is 9.05 Å². The van der Waals surface area contributed by atoms with Crippen LogP contribution in [0.5, 0.6) is 0 Å². The number of carboxylic acid groups (broad SMARTS) is 1. The van der Waals surface area contributed by atoms with Crippen LogP contribution in [0.3, 0.4) is 0 Å². The van der Waals surface area contributed by atoms with Crippen molar-refractivity contribution >= 4 is 13.6 Å². The molecule has 0 saturated heterocycles. The van der Waals surface area contributed by atoms with E-state index in [0.717, 1.165) is 0 Å². The first kappa shape index (κ1) is 12.4. The minimum Gasteiger partial charge on any atom is -0.478 e. The summed E-state index contributed by atoms with van der Waals surface area (Å²) < 4.78 is 20.6. The Balaban J connectivity index is 4.37. The Labute approximate surface area is 76.9 Å². The highest BCUT2D eigenvalue weighted by molar-refractivity contribution is 7.54. The molecule has 0 rings (SSSR count). The Morgan fingerprint density at radius 3 is 2.23 bits per heavy atom. The lowest BCUT2D eigenvalue weighted by atomic mass is 10.3. The molecule has 0 unspecified atom stereocenters. The molecular weight excluding hydrogens is 195 g/mol. The molecule has 0 aromatic carbocycles. The monoisotopic (exact) mass is 208 g/mol. The van der Waals surface area contributed by atoms with Crippen LogP contribution in [0.2, 0.25) is 0 Å². The Hall–Kier alpha value is -0.640. The van der Waals surface area contributed by atoms with Crippen molar-refractivity contribution in [2.75, 3.05) is 20.4 Å². The average Bonchev–Trinajstić information content (AvgIpc) is 2.13. The number of carbonyl (C=O) groups is 1. The quantitative estimate of drug-likeness (QED) is 0.547. The van der Waals surface area contributed by atoms with Crippen molar-refractivity contribution in [1.29, 1.82) is 0 Å². The van der Waals surface area contributed by atoms with Crippen molar-refractivity contribution in [2.45, 2.75) is 6.92 Å². The molecule has 0 atom stereocenters. The van der Waals surface area contributed by atoms with Crippen LogP contribution in [0, 0.1) is 0 Å². The molecule has 13 heavy (non-hydrogen) atoms. The van der Waals surface area contributed by atoms with Crippen molar-refractivity contribution in [3.63, 3.8) is 0 Å². The summed E-state index contributed by atoms with van der Waals surface area (Å²) in [4.78, 5) is 10.4.